The molecule has 4 rings (SSSR count). The molecule has 4 aromatic rings. The molecule has 0 aliphatic carbocycles. The summed E-state index contributed by atoms with van der Waals surface area (Å²) in [6, 6.07) is 17.6. The third kappa shape index (κ3) is 4.27. The van der Waals surface area contributed by atoms with E-state index < -0.39 is 34.3 Å². The number of halogens is 2. The fourth-order valence-electron chi connectivity index (χ4n) is 3.53. The Labute approximate surface area is 200 Å². The summed E-state index contributed by atoms with van der Waals surface area (Å²) in [4.78, 5) is 25.6. The van der Waals surface area contributed by atoms with E-state index in [-0.39, 0.29) is 21.2 Å². The molecule has 1 heterocycles. The molecular weight excluding hydrogens is 483 g/mol. The second kappa shape index (κ2) is 9.28. The van der Waals surface area contributed by atoms with Crippen LogP contribution in [0.1, 0.15) is 15.2 Å². The van der Waals surface area contributed by atoms with E-state index in [1.165, 1.54) is 36.1 Å². The maximum atomic E-state index is 13.8. The Hall–Kier alpha value is -3.69. The molecule has 0 radical (unpaired) electrons. The van der Waals surface area contributed by atoms with Gasteiger partial charge in [-0.15, -0.1) is 0 Å². The molecule has 0 spiro atoms. The molecule has 0 atom stereocenters. The Morgan fingerprint density at radius 2 is 1.71 bits per heavy atom. The topological polar surface area (TPSA) is 85.7 Å². The molecule has 1 aromatic heterocycles. The molecule has 10 heteroatoms. The predicted molar refractivity (Wildman–Crippen MR) is 126 cm³/mol. The van der Waals surface area contributed by atoms with E-state index in [9.17, 15) is 22.4 Å². The van der Waals surface area contributed by atoms with Gasteiger partial charge >= 0.3 is 5.97 Å². The molecule has 0 saturated heterocycles. The fourth-order valence-corrected chi connectivity index (χ4v) is 5.13. The van der Waals surface area contributed by atoms with Gasteiger partial charge in [0.15, 0.2) is 0 Å². The highest BCUT2D eigenvalue weighted by atomic mass is 35.5. The van der Waals surface area contributed by atoms with Gasteiger partial charge in [0.25, 0.3) is 15.9 Å². The first-order valence-electron chi connectivity index (χ1n) is 9.98. The van der Waals surface area contributed by atoms with Crippen LogP contribution in [0.2, 0.25) is 5.02 Å². The van der Waals surface area contributed by atoms with Crippen LogP contribution in [0, 0.1) is 5.82 Å². The lowest BCUT2D eigenvalue weighted by atomic mass is 10.2. The smallest absolute Gasteiger partial charge is 0.340 e. The minimum Gasteiger partial charge on any atom is -0.465 e. The predicted octanol–water partition coefficient (Wildman–Crippen LogP) is 4.76. The lowest BCUT2D eigenvalue weighted by Crippen LogP contribution is -2.37. The summed E-state index contributed by atoms with van der Waals surface area (Å²) in [6.45, 7) is -0.640. The van der Waals surface area contributed by atoms with E-state index in [1.54, 1.807) is 42.5 Å². The van der Waals surface area contributed by atoms with Crippen LogP contribution in [-0.4, -0.2) is 38.5 Å². The molecule has 0 fully saturated rings. The van der Waals surface area contributed by atoms with Crippen LogP contribution < -0.4 is 4.31 Å². The number of nitrogens with zero attached hydrogens (tertiary/aromatic N) is 2. The number of rotatable bonds is 6. The van der Waals surface area contributed by atoms with Crippen molar-refractivity contribution in [2.24, 2.45) is 0 Å². The molecule has 3 aromatic carbocycles. The quantitative estimate of drug-likeness (QED) is 0.356. The largest absolute Gasteiger partial charge is 0.465 e. The number of anilines is 1. The van der Waals surface area contributed by atoms with Gasteiger partial charge in [0.05, 0.1) is 33.8 Å². The van der Waals surface area contributed by atoms with Crippen molar-refractivity contribution in [3.05, 3.63) is 95.4 Å². The van der Waals surface area contributed by atoms with Crippen LogP contribution in [0.15, 0.2) is 83.9 Å². The minimum absolute atomic E-state index is 0.00764. The number of para-hydroxylation sites is 1. The van der Waals surface area contributed by atoms with E-state index in [0.717, 1.165) is 16.4 Å². The highest BCUT2D eigenvalue weighted by Gasteiger charge is 2.29. The zero-order chi connectivity index (χ0) is 24.5. The molecule has 174 valence electrons. The number of methoxy groups -OCH3 is 1. The standard InChI is InChI=1S/C24H18ClFN2O5S/c1-33-24(30)19-14-27(22-10-6-5-9-18(19)22)23(29)15-28(16-11-12-21(26)20(25)13-16)34(31,32)17-7-3-2-4-8-17/h2-14H,15H2,1H3. The molecule has 0 N–H and O–H groups in total. The minimum atomic E-state index is -4.23. The number of fused-ring (bicyclic) bond motifs is 1. The fraction of sp³-hybridized carbons (Fsp3) is 0.0833. The summed E-state index contributed by atoms with van der Waals surface area (Å²) in [5, 5.41) is 0.183. The number of ether oxygens (including phenoxy) is 1. The van der Waals surface area contributed by atoms with Crippen molar-refractivity contribution in [1.82, 2.24) is 4.57 Å². The normalized spacial score (nSPS) is 11.4. The SMILES string of the molecule is COC(=O)c1cn(C(=O)CN(c2ccc(F)c(Cl)c2)S(=O)(=O)c2ccccc2)c2ccccc12. The van der Waals surface area contributed by atoms with Crippen molar-refractivity contribution < 1.29 is 27.1 Å². The van der Waals surface area contributed by atoms with Gasteiger partial charge in [0, 0.05) is 11.6 Å². The summed E-state index contributed by atoms with van der Waals surface area (Å²) in [6.07, 6.45) is 1.31. The van der Waals surface area contributed by atoms with Gasteiger partial charge in [-0.2, -0.15) is 0 Å². The van der Waals surface area contributed by atoms with Crippen LogP contribution in [0.4, 0.5) is 10.1 Å². The lowest BCUT2D eigenvalue weighted by molar-refractivity contribution is 0.0603. The molecule has 0 bridgehead atoms. The van der Waals surface area contributed by atoms with Gasteiger partial charge in [-0.05, 0) is 36.4 Å². The van der Waals surface area contributed by atoms with Gasteiger partial charge in [0.1, 0.15) is 12.4 Å². The van der Waals surface area contributed by atoms with Crippen molar-refractivity contribution in [3.8, 4) is 0 Å². The zero-order valence-electron chi connectivity index (χ0n) is 17.8. The van der Waals surface area contributed by atoms with Gasteiger partial charge in [-0.3, -0.25) is 13.7 Å². The van der Waals surface area contributed by atoms with Crippen molar-refractivity contribution in [3.63, 3.8) is 0 Å². The molecule has 0 amide bonds. The molecule has 0 aliphatic heterocycles. The highest BCUT2D eigenvalue weighted by molar-refractivity contribution is 7.92. The molecule has 34 heavy (non-hydrogen) atoms. The Balaban J connectivity index is 1.82. The molecule has 0 saturated carbocycles. The number of hydrogen-bond donors (Lipinski definition) is 0. The summed E-state index contributed by atoms with van der Waals surface area (Å²) in [7, 11) is -3.00. The highest BCUT2D eigenvalue weighted by Crippen LogP contribution is 2.29. The lowest BCUT2D eigenvalue weighted by Gasteiger charge is -2.24. The monoisotopic (exact) mass is 500 g/mol. The van der Waals surface area contributed by atoms with Crippen molar-refractivity contribution in [2.45, 2.75) is 4.90 Å². The van der Waals surface area contributed by atoms with E-state index >= 15 is 0 Å². The number of hydrogen-bond acceptors (Lipinski definition) is 5. The number of benzene rings is 3. The number of sulfonamides is 1. The summed E-state index contributed by atoms with van der Waals surface area (Å²) in [5.41, 5.74) is 0.573. The van der Waals surface area contributed by atoms with Gasteiger partial charge in [-0.25, -0.2) is 17.6 Å². The summed E-state index contributed by atoms with van der Waals surface area (Å²) in [5.74, 6) is -2.01. The van der Waals surface area contributed by atoms with E-state index in [1.807, 2.05) is 0 Å². The van der Waals surface area contributed by atoms with Gasteiger partial charge < -0.3 is 4.74 Å². The number of carbonyl (C=O) groups excluding carboxylic acids is 2. The van der Waals surface area contributed by atoms with E-state index in [4.69, 9.17) is 16.3 Å². The first kappa shape index (κ1) is 23.5. The Bertz CT molecular complexity index is 1500. The van der Waals surface area contributed by atoms with Crippen molar-refractivity contribution in [2.75, 3.05) is 18.0 Å². The van der Waals surface area contributed by atoms with Crippen LogP contribution in [0.25, 0.3) is 10.9 Å². The third-order valence-electron chi connectivity index (χ3n) is 5.19. The van der Waals surface area contributed by atoms with Crippen LogP contribution in [0.5, 0.6) is 0 Å². The van der Waals surface area contributed by atoms with Gasteiger partial charge in [0.2, 0.25) is 0 Å². The van der Waals surface area contributed by atoms with Crippen LogP contribution in [0.3, 0.4) is 0 Å². The number of aromatic nitrogens is 1. The molecule has 0 unspecified atom stereocenters. The third-order valence-corrected chi connectivity index (χ3v) is 7.26. The summed E-state index contributed by atoms with van der Waals surface area (Å²) >= 11 is 5.90. The van der Waals surface area contributed by atoms with Crippen molar-refractivity contribution in [1.29, 1.82) is 0 Å². The first-order chi connectivity index (χ1) is 16.2. The van der Waals surface area contributed by atoms with Crippen LogP contribution >= 0.6 is 11.6 Å². The maximum absolute atomic E-state index is 13.8. The Kier molecular flexibility index (Phi) is 6.41. The average Bonchev–Trinajstić information content (AvgIpc) is 3.24. The zero-order valence-corrected chi connectivity index (χ0v) is 19.4. The Morgan fingerprint density at radius 3 is 2.38 bits per heavy atom. The number of carbonyl (C=O) groups is 2. The molecule has 0 aliphatic rings. The molecule has 7 nitrogen and oxygen atoms in total. The first-order valence-corrected chi connectivity index (χ1v) is 11.8. The second-order valence-electron chi connectivity index (χ2n) is 7.24. The number of esters is 1. The molecular formula is C24H18ClFN2O5S. The second-order valence-corrected chi connectivity index (χ2v) is 9.51. The maximum Gasteiger partial charge on any atom is 0.340 e. The van der Waals surface area contributed by atoms with Gasteiger partial charge in [-0.1, -0.05) is 48.0 Å². The van der Waals surface area contributed by atoms with Crippen LogP contribution in [-0.2, 0) is 14.8 Å². The van der Waals surface area contributed by atoms with E-state index in [2.05, 4.69) is 0 Å². The van der Waals surface area contributed by atoms with E-state index in [0.29, 0.717) is 10.9 Å². The average molecular weight is 501 g/mol. The van der Waals surface area contributed by atoms with Crippen molar-refractivity contribution >= 4 is 50.1 Å². The Morgan fingerprint density at radius 1 is 1.03 bits per heavy atom. The summed E-state index contributed by atoms with van der Waals surface area (Å²) < 4.78 is 47.6.